The van der Waals surface area contributed by atoms with Crippen molar-refractivity contribution >= 4 is 21.6 Å². The number of benzene rings is 1. The molecule has 0 fully saturated rings. The summed E-state index contributed by atoms with van der Waals surface area (Å²) >= 11 is 0. The minimum Gasteiger partial charge on any atom is -0.473 e. The second kappa shape index (κ2) is 8.24. The number of nitrogens with zero attached hydrogens (tertiary/aromatic N) is 2. The molecule has 0 unspecified atom stereocenters. The Morgan fingerprint density at radius 3 is 2.57 bits per heavy atom. The first kappa shape index (κ1) is 19.6. The topological polar surface area (TPSA) is 102 Å². The van der Waals surface area contributed by atoms with Crippen molar-refractivity contribution in [1.82, 2.24) is 14.3 Å². The molecule has 0 bridgehead atoms. The number of carbonyl (C=O) groups excluding carboxylic acids is 1. The number of carbonyl (C=O) groups is 1. The van der Waals surface area contributed by atoms with E-state index in [-0.39, 0.29) is 10.6 Å². The van der Waals surface area contributed by atoms with Gasteiger partial charge >= 0.3 is 0 Å². The summed E-state index contributed by atoms with van der Waals surface area (Å²) in [5, 5.41) is 2.69. The third-order valence-electron chi connectivity index (χ3n) is 4.02. The van der Waals surface area contributed by atoms with E-state index in [2.05, 4.69) is 15.0 Å². The predicted octanol–water partition coefficient (Wildman–Crippen LogP) is 2.16. The van der Waals surface area contributed by atoms with Gasteiger partial charge in [-0.25, -0.2) is 18.1 Å². The number of amides is 1. The zero-order chi connectivity index (χ0) is 20.1. The molecule has 0 aliphatic carbocycles. The highest BCUT2D eigenvalue weighted by Gasteiger charge is 2.19. The minimum atomic E-state index is -3.62. The number of ether oxygens (including phenoxy) is 1. The van der Waals surface area contributed by atoms with Gasteiger partial charge in [0, 0.05) is 19.3 Å². The van der Waals surface area contributed by atoms with Crippen molar-refractivity contribution in [2.75, 3.05) is 12.4 Å². The molecule has 28 heavy (non-hydrogen) atoms. The maximum absolute atomic E-state index is 12.5. The van der Waals surface area contributed by atoms with E-state index in [1.54, 1.807) is 19.2 Å². The molecule has 2 heterocycles. The summed E-state index contributed by atoms with van der Waals surface area (Å²) in [7, 11) is -0.707. The van der Waals surface area contributed by atoms with Crippen LogP contribution in [0.25, 0.3) is 0 Å². The zero-order valence-corrected chi connectivity index (χ0v) is 16.2. The third kappa shape index (κ3) is 4.56. The lowest BCUT2D eigenvalue weighted by molar-refractivity contribution is 0.101. The van der Waals surface area contributed by atoms with Gasteiger partial charge < -0.3 is 14.6 Å². The second-order valence-corrected chi connectivity index (χ2v) is 7.88. The first-order valence-corrected chi connectivity index (χ1v) is 9.91. The van der Waals surface area contributed by atoms with Crippen molar-refractivity contribution in [3.63, 3.8) is 0 Å². The second-order valence-electron chi connectivity index (χ2n) is 5.99. The Balaban J connectivity index is 1.65. The quantitative estimate of drug-likeness (QED) is 0.633. The fraction of sp³-hybridized carbons (Fsp3) is 0.158. The van der Waals surface area contributed by atoms with Gasteiger partial charge in [-0.15, -0.1) is 0 Å². The Morgan fingerprint density at radius 1 is 1.18 bits per heavy atom. The Labute approximate surface area is 163 Å². The van der Waals surface area contributed by atoms with Crippen LogP contribution >= 0.6 is 0 Å². The van der Waals surface area contributed by atoms with Crippen LogP contribution in [0, 0.1) is 0 Å². The van der Waals surface area contributed by atoms with Crippen LogP contribution < -0.4 is 14.8 Å². The van der Waals surface area contributed by atoms with Gasteiger partial charge in [-0.05, 0) is 24.7 Å². The van der Waals surface area contributed by atoms with Gasteiger partial charge in [0.2, 0.25) is 15.9 Å². The molecule has 0 saturated heterocycles. The highest BCUT2D eigenvalue weighted by atomic mass is 32.2. The van der Waals surface area contributed by atoms with Crippen LogP contribution in [-0.4, -0.2) is 30.9 Å². The molecule has 1 aromatic carbocycles. The van der Waals surface area contributed by atoms with Crippen LogP contribution in [0.2, 0.25) is 0 Å². The minimum absolute atomic E-state index is 0.0189. The van der Waals surface area contributed by atoms with E-state index in [9.17, 15) is 13.2 Å². The Kier molecular flexibility index (Phi) is 5.76. The number of hydrogen-bond acceptors (Lipinski definition) is 5. The first-order chi connectivity index (χ1) is 13.4. The van der Waals surface area contributed by atoms with Crippen LogP contribution in [0.3, 0.4) is 0 Å². The molecule has 2 N–H and O–H groups in total. The molecule has 3 rings (SSSR count). The summed E-state index contributed by atoms with van der Waals surface area (Å²) in [6.45, 7) is 0.394. The van der Waals surface area contributed by atoms with E-state index in [0.717, 1.165) is 5.56 Å². The lowest BCUT2D eigenvalue weighted by Crippen LogP contribution is -2.18. The third-order valence-corrected chi connectivity index (χ3v) is 5.40. The molecule has 0 aliphatic rings. The summed E-state index contributed by atoms with van der Waals surface area (Å²) in [5.41, 5.74) is 1.70. The molecular formula is C19H20N4O4S. The van der Waals surface area contributed by atoms with E-state index in [1.165, 1.54) is 30.1 Å². The molecule has 8 nitrogen and oxygen atoms in total. The van der Waals surface area contributed by atoms with E-state index in [0.29, 0.717) is 18.2 Å². The highest BCUT2D eigenvalue weighted by Crippen LogP contribution is 2.17. The molecule has 0 radical (unpaired) electrons. The van der Waals surface area contributed by atoms with E-state index >= 15 is 0 Å². The summed E-state index contributed by atoms with van der Waals surface area (Å²) in [4.78, 5) is 16.6. The number of anilines is 1. The average Bonchev–Trinajstić information content (AvgIpc) is 3.11. The zero-order valence-electron chi connectivity index (χ0n) is 15.4. The van der Waals surface area contributed by atoms with E-state index < -0.39 is 15.9 Å². The van der Waals surface area contributed by atoms with Crippen molar-refractivity contribution in [3.8, 4) is 5.88 Å². The van der Waals surface area contributed by atoms with Gasteiger partial charge in [-0.1, -0.05) is 30.3 Å². The largest absolute Gasteiger partial charge is 0.473 e. The Morgan fingerprint density at radius 2 is 1.93 bits per heavy atom. The number of sulfonamides is 1. The summed E-state index contributed by atoms with van der Waals surface area (Å²) in [5.74, 6) is -0.0112. The molecule has 3 aromatic rings. The van der Waals surface area contributed by atoms with Gasteiger partial charge in [-0.2, -0.15) is 0 Å². The lowest BCUT2D eigenvalue weighted by Gasteiger charge is -2.08. The lowest BCUT2D eigenvalue weighted by atomic mass is 10.2. The highest BCUT2D eigenvalue weighted by molar-refractivity contribution is 7.89. The van der Waals surface area contributed by atoms with Crippen molar-refractivity contribution < 1.29 is 17.9 Å². The maximum Gasteiger partial charge on any atom is 0.272 e. The van der Waals surface area contributed by atoms with Gasteiger partial charge in [-0.3, -0.25) is 4.79 Å². The van der Waals surface area contributed by atoms with Gasteiger partial charge in [0.25, 0.3) is 5.91 Å². The molecule has 2 aromatic heterocycles. The Bertz CT molecular complexity index is 1060. The molecule has 146 valence electrons. The fourth-order valence-corrected chi connectivity index (χ4v) is 3.29. The van der Waals surface area contributed by atoms with Crippen LogP contribution in [0.4, 0.5) is 5.69 Å². The number of pyridine rings is 1. The molecule has 1 amide bonds. The summed E-state index contributed by atoms with van der Waals surface area (Å²) < 4.78 is 33.0. The number of aromatic nitrogens is 2. The molecule has 0 spiro atoms. The normalized spacial score (nSPS) is 11.2. The first-order valence-electron chi connectivity index (χ1n) is 8.43. The fourth-order valence-electron chi connectivity index (χ4n) is 2.49. The number of hydrogen-bond donors (Lipinski definition) is 2. The van der Waals surface area contributed by atoms with Gasteiger partial charge in [0.15, 0.2) is 0 Å². The summed E-state index contributed by atoms with van der Waals surface area (Å²) in [6, 6.07) is 14.3. The SMILES string of the molecule is CNS(=O)(=O)c1cc(C(=O)Nc2ccc(OCc3ccccc3)nc2)n(C)c1. The standard InChI is InChI=1S/C19H20N4O4S/c1-20-28(25,26)16-10-17(23(2)12-16)19(24)22-15-8-9-18(21-11-15)27-13-14-6-4-3-5-7-14/h3-12,20H,13H2,1-2H3,(H,22,24). The predicted molar refractivity (Wildman–Crippen MR) is 105 cm³/mol. The number of nitrogens with one attached hydrogen (secondary N) is 2. The smallest absolute Gasteiger partial charge is 0.272 e. The van der Waals surface area contributed by atoms with Crippen molar-refractivity contribution in [2.45, 2.75) is 11.5 Å². The average molecular weight is 400 g/mol. The van der Waals surface area contributed by atoms with Gasteiger partial charge in [0.1, 0.15) is 17.2 Å². The summed E-state index contributed by atoms with van der Waals surface area (Å²) in [6.07, 6.45) is 2.85. The van der Waals surface area contributed by atoms with Crippen LogP contribution in [0.5, 0.6) is 5.88 Å². The van der Waals surface area contributed by atoms with E-state index in [1.807, 2.05) is 30.3 Å². The monoisotopic (exact) mass is 400 g/mol. The molecule has 0 aliphatic heterocycles. The molecule has 0 saturated carbocycles. The van der Waals surface area contributed by atoms with Crippen LogP contribution in [-0.2, 0) is 23.7 Å². The maximum atomic E-state index is 12.5. The van der Waals surface area contributed by atoms with Crippen molar-refractivity contribution in [2.24, 2.45) is 7.05 Å². The number of rotatable bonds is 7. The van der Waals surface area contributed by atoms with Crippen molar-refractivity contribution in [3.05, 3.63) is 72.2 Å². The molecule has 0 atom stereocenters. The molecular weight excluding hydrogens is 380 g/mol. The van der Waals surface area contributed by atoms with E-state index in [4.69, 9.17) is 4.74 Å². The number of aryl methyl sites for hydroxylation is 1. The van der Waals surface area contributed by atoms with Crippen molar-refractivity contribution in [1.29, 1.82) is 0 Å². The van der Waals surface area contributed by atoms with Crippen LogP contribution in [0.1, 0.15) is 16.1 Å². The Hall–Kier alpha value is -3.17. The van der Waals surface area contributed by atoms with Crippen LogP contribution in [0.15, 0.2) is 65.8 Å². The molecule has 9 heteroatoms. The van der Waals surface area contributed by atoms with Gasteiger partial charge in [0.05, 0.1) is 11.9 Å².